The van der Waals surface area contributed by atoms with Gasteiger partial charge in [-0.15, -0.1) is 0 Å². The van der Waals surface area contributed by atoms with E-state index in [1.807, 2.05) is 0 Å². The summed E-state index contributed by atoms with van der Waals surface area (Å²) in [6.45, 7) is 3.58. The fourth-order valence-corrected chi connectivity index (χ4v) is 3.10. The molecular formula is C22H22O6. The SMILES string of the molecule is COC(=O)/C=C/c1ccc2c(c1)[C@H](C(=O)OC(C)C)[C@@H](c1ccc(O)cc1)O2. The second-order valence-electron chi connectivity index (χ2n) is 6.75. The monoisotopic (exact) mass is 382 g/mol. The average Bonchev–Trinajstić information content (AvgIpc) is 3.04. The highest BCUT2D eigenvalue weighted by Crippen LogP contribution is 2.47. The Balaban J connectivity index is 1.99. The summed E-state index contributed by atoms with van der Waals surface area (Å²) in [7, 11) is 1.31. The van der Waals surface area contributed by atoms with Gasteiger partial charge in [-0.1, -0.05) is 18.2 Å². The van der Waals surface area contributed by atoms with Crippen molar-refractivity contribution >= 4 is 18.0 Å². The number of rotatable bonds is 5. The van der Waals surface area contributed by atoms with E-state index in [2.05, 4.69) is 4.74 Å². The Morgan fingerprint density at radius 2 is 1.86 bits per heavy atom. The molecule has 0 saturated heterocycles. The average molecular weight is 382 g/mol. The van der Waals surface area contributed by atoms with Gasteiger partial charge in [-0.2, -0.15) is 0 Å². The summed E-state index contributed by atoms with van der Waals surface area (Å²) in [6, 6.07) is 11.9. The highest BCUT2D eigenvalue weighted by Gasteiger charge is 2.42. The molecule has 2 aromatic carbocycles. The van der Waals surface area contributed by atoms with Gasteiger partial charge < -0.3 is 19.3 Å². The molecule has 2 atom stereocenters. The molecule has 1 N–H and O–H groups in total. The Morgan fingerprint density at radius 3 is 2.50 bits per heavy atom. The predicted octanol–water partition coefficient (Wildman–Crippen LogP) is 3.75. The molecule has 6 nitrogen and oxygen atoms in total. The molecule has 1 heterocycles. The van der Waals surface area contributed by atoms with E-state index >= 15 is 0 Å². The van der Waals surface area contributed by atoms with Crippen molar-refractivity contribution in [2.24, 2.45) is 0 Å². The minimum absolute atomic E-state index is 0.135. The van der Waals surface area contributed by atoms with Crippen LogP contribution in [0.4, 0.5) is 0 Å². The van der Waals surface area contributed by atoms with Gasteiger partial charge in [-0.05, 0) is 55.3 Å². The standard InChI is InChI=1S/C22H22O6/c1-13(2)27-22(25)20-17-12-14(5-11-19(24)26-3)4-10-18(17)28-21(20)15-6-8-16(23)9-7-15/h4-13,20-21,23H,1-3H3/b11-5+/t20-,21+/m0/s1. The number of hydrogen-bond donors (Lipinski definition) is 1. The normalized spacial score (nSPS) is 18.0. The molecule has 28 heavy (non-hydrogen) atoms. The van der Waals surface area contributed by atoms with Crippen LogP contribution in [0.5, 0.6) is 11.5 Å². The maximum Gasteiger partial charge on any atom is 0.330 e. The maximum absolute atomic E-state index is 12.8. The zero-order valence-corrected chi connectivity index (χ0v) is 15.9. The van der Waals surface area contributed by atoms with Crippen LogP contribution >= 0.6 is 0 Å². The lowest BCUT2D eigenvalue weighted by molar-refractivity contribution is -0.151. The number of ether oxygens (including phenoxy) is 3. The van der Waals surface area contributed by atoms with Crippen molar-refractivity contribution in [3.63, 3.8) is 0 Å². The number of aromatic hydroxyl groups is 1. The first-order valence-electron chi connectivity index (χ1n) is 8.95. The van der Waals surface area contributed by atoms with Crippen LogP contribution in [0, 0.1) is 0 Å². The van der Waals surface area contributed by atoms with E-state index in [-0.39, 0.29) is 17.8 Å². The molecule has 0 fully saturated rings. The van der Waals surface area contributed by atoms with Gasteiger partial charge in [-0.3, -0.25) is 4.79 Å². The summed E-state index contributed by atoms with van der Waals surface area (Å²) in [4.78, 5) is 24.2. The van der Waals surface area contributed by atoms with Gasteiger partial charge in [0.25, 0.3) is 0 Å². The van der Waals surface area contributed by atoms with E-state index < -0.39 is 18.0 Å². The molecule has 0 saturated carbocycles. The van der Waals surface area contributed by atoms with Gasteiger partial charge in [0, 0.05) is 11.6 Å². The van der Waals surface area contributed by atoms with Crippen molar-refractivity contribution in [3.05, 3.63) is 65.2 Å². The van der Waals surface area contributed by atoms with Crippen LogP contribution in [0.3, 0.4) is 0 Å². The number of phenols is 1. The molecule has 146 valence electrons. The topological polar surface area (TPSA) is 82.1 Å². The smallest absolute Gasteiger partial charge is 0.330 e. The molecule has 1 aliphatic rings. The first kappa shape index (κ1) is 19.5. The maximum atomic E-state index is 12.8. The fourth-order valence-electron chi connectivity index (χ4n) is 3.10. The van der Waals surface area contributed by atoms with E-state index in [9.17, 15) is 14.7 Å². The van der Waals surface area contributed by atoms with Crippen molar-refractivity contribution in [2.75, 3.05) is 7.11 Å². The summed E-state index contributed by atoms with van der Waals surface area (Å²) in [5.41, 5.74) is 2.18. The number of phenolic OH excluding ortho intramolecular Hbond substituents is 1. The summed E-state index contributed by atoms with van der Waals surface area (Å²) in [6.07, 6.45) is 2.10. The number of benzene rings is 2. The van der Waals surface area contributed by atoms with Gasteiger partial charge in [0.05, 0.1) is 13.2 Å². The third kappa shape index (κ3) is 4.17. The first-order chi connectivity index (χ1) is 13.4. The lowest BCUT2D eigenvalue weighted by Crippen LogP contribution is -2.23. The Morgan fingerprint density at radius 1 is 1.14 bits per heavy atom. The fraction of sp³-hybridized carbons (Fsp3) is 0.273. The molecule has 6 heteroatoms. The highest BCUT2D eigenvalue weighted by atomic mass is 16.6. The molecule has 0 radical (unpaired) electrons. The molecule has 0 amide bonds. The number of methoxy groups -OCH3 is 1. The van der Waals surface area contributed by atoms with Gasteiger partial charge in [0.15, 0.2) is 0 Å². The van der Waals surface area contributed by atoms with Crippen molar-refractivity contribution in [1.29, 1.82) is 0 Å². The second-order valence-corrected chi connectivity index (χ2v) is 6.75. The van der Waals surface area contributed by atoms with Crippen LogP contribution in [0.25, 0.3) is 6.08 Å². The Hall–Kier alpha value is -3.28. The molecule has 0 unspecified atom stereocenters. The molecule has 1 aliphatic heterocycles. The zero-order chi connectivity index (χ0) is 20.3. The quantitative estimate of drug-likeness (QED) is 0.627. The number of carbonyl (C=O) groups is 2. The minimum Gasteiger partial charge on any atom is -0.508 e. The predicted molar refractivity (Wildman–Crippen MR) is 103 cm³/mol. The van der Waals surface area contributed by atoms with Crippen molar-refractivity contribution in [1.82, 2.24) is 0 Å². The third-order valence-electron chi connectivity index (χ3n) is 4.37. The molecular weight excluding hydrogens is 360 g/mol. The van der Waals surface area contributed by atoms with Crippen LogP contribution in [-0.4, -0.2) is 30.3 Å². The summed E-state index contributed by atoms with van der Waals surface area (Å²) >= 11 is 0. The van der Waals surface area contributed by atoms with Gasteiger partial charge in [0.1, 0.15) is 23.5 Å². The number of hydrogen-bond acceptors (Lipinski definition) is 6. The Bertz CT molecular complexity index is 898. The van der Waals surface area contributed by atoms with Crippen LogP contribution in [0.2, 0.25) is 0 Å². The van der Waals surface area contributed by atoms with Crippen LogP contribution < -0.4 is 4.74 Å². The van der Waals surface area contributed by atoms with E-state index in [1.54, 1.807) is 62.4 Å². The first-order valence-corrected chi connectivity index (χ1v) is 8.95. The largest absolute Gasteiger partial charge is 0.508 e. The van der Waals surface area contributed by atoms with Gasteiger partial charge >= 0.3 is 11.9 Å². The molecule has 0 spiro atoms. The zero-order valence-electron chi connectivity index (χ0n) is 15.9. The molecule has 0 bridgehead atoms. The molecule has 0 aliphatic carbocycles. The number of esters is 2. The lowest BCUT2D eigenvalue weighted by Gasteiger charge is -2.20. The highest BCUT2D eigenvalue weighted by molar-refractivity contribution is 5.87. The van der Waals surface area contributed by atoms with Gasteiger partial charge in [0.2, 0.25) is 0 Å². The van der Waals surface area contributed by atoms with Crippen molar-refractivity contribution < 1.29 is 28.9 Å². The molecule has 2 aromatic rings. The van der Waals surface area contributed by atoms with E-state index in [4.69, 9.17) is 9.47 Å². The Kier molecular flexibility index (Phi) is 5.68. The summed E-state index contributed by atoms with van der Waals surface area (Å²) in [5.74, 6) is -0.793. The van der Waals surface area contributed by atoms with Gasteiger partial charge in [-0.25, -0.2) is 4.79 Å². The molecule has 3 rings (SSSR count). The van der Waals surface area contributed by atoms with E-state index in [1.165, 1.54) is 13.2 Å². The van der Waals surface area contributed by atoms with Crippen molar-refractivity contribution in [3.8, 4) is 11.5 Å². The Labute approximate surface area is 163 Å². The van der Waals surface area contributed by atoms with Crippen LogP contribution in [0.1, 0.15) is 42.6 Å². The second kappa shape index (κ2) is 8.17. The summed E-state index contributed by atoms with van der Waals surface area (Å²) in [5, 5.41) is 9.55. The number of carbonyl (C=O) groups excluding carboxylic acids is 2. The van der Waals surface area contributed by atoms with E-state index in [0.717, 1.165) is 11.1 Å². The minimum atomic E-state index is -0.659. The van der Waals surface area contributed by atoms with Crippen LogP contribution in [0.15, 0.2) is 48.5 Å². The lowest BCUT2D eigenvalue weighted by atomic mass is 9.90. The number of fused-ring (bicyclic) bond motifs is 1. The van der Waals surface area contributed by atoms with Crippen molar-refractivity contribution in [2.45, 2.75) is 32.0 Å². The molecule has 0 aromatic heterocycles. The third-order valence-corrected chi connectivity index (χ3v) is 4.37. The van der Waals surface area contributed by atoms with E-state index in [0.29, 0.717) is 11.3 Å². The summed E-state index contributed by atoms with van der Waals surface area (Å²) < 4.78 is 16.1. The van der Waals surface area contributed by atoms with Crippen LogP contribution in [-0.2, 0) is 19.1 Å².